The summed E-state index contributed by atoms with van der Waals surface area (Å²) in [7, 11) is 3.74. The van der Waals surface area contributed by atoms with Crippen LogP contribution in [-0.4, -0.2) is 25.6 Å². The van der Waals surface area contributed by atoms with Crippen molar-refractivity contribution in [3.8, 4) is 0 Å². The largest absolute Gasteiger partial charge is 0.329 e. The van der Waals surface area contributed by atoms with Crippen LogP contribution in [0.4, 0.5) is 4.39 Å². The zero-order valence-corrected chi connectivity index (χ0v) is 9.55. The highest BCUT2D eigenvalue weighted by molar-refractivity contribution is 6.30. The lowest BCUT2D eigenvalue weighted by Crippen LogP contribution is -2.38. The van der Waals surface area contributed by atoms with E-state index in [0.29, 0.717) is 6.54 Å². The number of rotatable bonds is 4. The van der Waals surface area contributed by atoms with Crippen LogP contribution in [0.1, 0.15) is 11.6 Å². The van der Waals surface area contributed by atoms with Gasteiger partial charge in [-0.1, -0.05) is 17.7 Å². The van der Waals surface area contributed by atoms with Gasteiger partial charge in [0.05, 0.1) is 11.1 Å². The van der Waals surface area contributed by atoms with Crippen molar-refractivity contribution in [3.63, 3.8) is 0 Å². The Morgan fingerprint density at radius 3 is 2.67 bits per heavy atom. The lowest BCUT2D eigenvalue weighted by molar-refractivity contribution is 0.245. The first kappa shape index (κ1) is 12.4. The van der Waals surface area contributed by atoms with Gasteiger partial charge < -0.3 is 5.73 Å². The highest BCUT2D eigenvalue weighted by Gasteiger charge is 2.11. The molecule has 0 saturated carbocycles. The second-order valence-corrected chi connectivity index (χ2v) is 3.89. The van der Waals surface area contributed by atoms with Crippen molar-refractivity contribution in [3.05, 3.63) is 34.6 Å². The van der Waals surface area contributed by atoms with E-state index in [2.05, 4.69) is 5.43 Å². The molecule has 0 spiro atoms. The normalized spacial score (nSPS) is 13.2. The molecule has 3 nitrogen and oxygen atoms in total. The number of nitrogens with one attached hydrogen (secondary N) is 1. The Bertz CT molecular complexity index is 330. The summed E-state index contributed by atoms with van der Waals surface area (Å²) in [6.45, 7) is 0.417. The summed E-state index contributed by atoms with van der Waals surface area (Å²) in [5.74, 6) is -0.416. The Morgan fingerprint density at radius 1 is 1.53 bits per heavy atom. The second kappa shape index (κ2) is 5.42. The van der Waals surface area contributed by atoms with E-state index in [1.165, 1.54) is 6.07 Å². The maximum absolute atomic E-state index is 12.9. The van der Waals surface area contributed by atoms with Crippen LogP contribution in [-0.2, 0) is 0 Å². The molecule has 1 aromatic carbocycles. The molecule has 1 atom stereocenters. The van der Waals surface area contributed by atoms with Crippen LogP contribution < -0.4 is 11.2 Å². The number of hydrazine groups is 1. The molecule has 0 radical (unpaired) electrons. The SMILES string of the molecule is CN(C)NC(CN)c1ccc(F)c(Cl)c1. The number of nitrogens with zero attached hydrogens (tertiary/aromatic N) is 1. The molecule has 5 heteroatoms. The topological polar surface area (TPSA) is 41.3 Å². The quantitative estimate of drug-likeness (QED) is 0.773. The number of hydrogen-bond donors (Lipinski definition) is 2. The van der Waals surface area contributed by atoms with Gasteiger partial charge in [0.1, 0.15) is 5.82 Å². The minimum atomic E-state index is -0.416. The summed E-state index contributed by atoms with van der Waals surface area (Å²) in [4.78, 5) is 0. The fraction of sp³-hybridized carbons (Fsp3) is 0.400. The lowest BCUT2D eigenvalue weighted by atomic mass is 10.1. The van der Waals surface area contributed by atoms with Crippen molar-refractivity contribution in [1.29, 1.82) is 0 Å². The molecule has 0 fully saturated rings. The Hall–Kier alpha value is -0.680. The number of hydrogen-bond acceptors (Lipinski definition) is 3. The van der Waals surface area contributed by atoms with Crippen molar-refractivity contribution in [2.24, 2.45) is 5.73 Å². The molecule has 3 N–H and O–H groups in total. The fourth-order valence-corrected chi connectivity index (χ4v) is 1.49. The number of halogens is 2. The first-order valence-electron chi connectivity index (χ1n) is 4.63. The van der Waals surface area contributed by atoms with E-state index in [1.54, 1.807) is 17.1 Å². The Labute approximate surface area is 94.0 Å². The van der Waals surface area contributed by atoms with E-state index in [9.17, 15) is 4.39 Å². The summed E-state index contributed by atoms with van der Waals surface area (Å²) >= 11 is 5.69. The first-order valence-corrected chi connectivity index (χ1v) is 5.01. The molecule has 0 aromatic heterocycles. The molecule has 1 unspecified atom stereocenters. The molecule has 84 valence electrons. The smallest absolute Gasteiger partial charge is 0.141 e. The Kier molecular flexibility index (Phi) is 4.47. The van der Waals surface area contributed by atoms with Gasteiger partial charge in [-0.15, -0.1) is 0 Å². The predicted octanol–water partition coefficient (Wildman–Crippen LogP) is 1.55. The lowest BCUT2D eigenvalue weighted by Gasteiger charge is -2.22. The second-order valence-electron chi connectivity index (χ2n) is 3.49. The van der Waals surface area contributed by atoms with Crippen LogP contribution in [0.15, 0.2) is 18.2 Å². The van der Waals surface area contributed by atoms with Gasteiger partial charge in [-0.05, 0) is 17.7 Å². The van der Waals surface area contributed by atoms with Gasteiger partial charge in [-0.25, -0.2) is 14.8 Å². The minimum Gasteiger partial charge on any atom is -0.329 e. The molecular formula is C10H15ClFN3. The third-order valence-corrected chi connectivity index (χ3v) is 2.29. The molecule has 0 bridgehead atoms. The van der Waals surface area contributed by atoms with E-state index in [-0.39, 0.29) is 11.1 Å². The molecule has 0 saturated heterocycles. The highest BCUT2D eigenvalue weighted by Crippen LogP contribution is 2.20. The van der Waals surface area contributed by atoms with E-state index in [1.807, 2.05) is 14.1 Å². The van der Waals surface area contributed by atoms with Crippen molar-refractivity contribution < 1.29 is 4.39 Å². The van der Waals surface area contributed by atoms with Gasteiger partial charge in [0.25, 0.3) is 0 Å². The third-order valence-electron chi connectivity index (χ3n) is 2.00. The van der Waals surface area contributed by atoms with Crippen LogP contribution in [0.2, 0.25) is 5.02 Å². The molecule has 15 heavy (non-hydrogen) atoms. The van der Waals surface area contributed by atoms with E-state index < -0.39 is 5.82 Å². The van der Waals surface area contributed by atoms with Crippen LogP contribution in [0.25, 0.3) is 0 Å². The standard InChI is InChI=1S/C10H15ClFN3/c1-15(2)14-10(6-13)7-3-4-9(12)8(11)5-7/h3-5,10,14H,6,13H2,1-2H3. The third kappa shape index (κ3) is 3.43. The maximum atomic E-state index is 12.9. The molecule has 0 heterocycles. The molecule has 0 aliphatic carbocycles. The van der Waals surface area contributed by atoms with Crippen molar-refractivity contribution in [2.45, 2.75) is 6.04 Å². The summed E-state index contributed by atoms with van der Waals surface area (Å²) in [5, 5.41) is 1.92. The van der Waals surface area contributed by atoms with Gasteiger partial charge in [-0.3, -0.25) is 0 Å². The molecule has 0 aliphatic rings. The maximum Gasteiger partial charge on any atom is 0.141 e. The summed E-state index contributed by atoms with van der Waals surface area (Å²) in [6, 6.07) is 4.55. The molecule has 0 amide bonds. The van der Waals surface area contributed by atoms with Crippen LogP contribution >= 0.6 is 11.6 Å². The number of nitrogens with two attached hydrogens (primary N) is 1. The molecule has 0 aliphatic heterocycles. The molecular weight excluding hydrogens is 217 g/mol. The van der Waals surface area contributed by atoms with Gasteiger partial charge >= 0.3 is 0 Å². The monoisotopic (exact) mass is 231 g/mol. The zero-order valence-electron chi connectivity index (χ0n) is 8.80. The van der Waals surface area contributed by atoms with E-state index >= 15 is 0 Å². The van der Waals surface area contributed by atoms with Crippen LogP contribution in [0, 0.1) is 5.82 Å². The fourth-order valence-electron chi connectivity index (χ4n) is 1.30. The van der Waals surface area contributed by atoms with Crippen LogP contribution in [0.5, 0.6) is 0 Å². The van der Waals surface area contributed by atoms with Gasteiger partial charge in [0.2, 0.25) is 0 Å². The Morgan fingerprint density at radius 2 is 2.20 bits per heavy atom. The number of benzene rings is 1. The molecule has 1 rings (SSSR count). The van der Waals surface area contributed by atoms with Gasteiger partial charge in [0, 0.05) is 20.6 Å². The minimum absolute atomic E-state index is 0.0573. The highest BCUT2D eigenvalue weighted by atomic mass is 35.5. The molecule has 1 aromatic rings. The van der Waals surface area contributed by atoms with E-state index in [0.717, 1.165) is 5.56 Å². The van der Waals surface area contributed by atoms with Crippen molar-refractivity contribution in [1.82, 2.24) is 10.4 Å². The van der Waals surface area contributed by atoms with Crippen molar-refractivity contribution in [2.75, 3.05) is 20.6 Å². The first-order chi connectivity index (χ1) is 7.04. The summed E-state index contributed by atoms with van der Waals surface area (Å²) < 4.78 is 12.9. The van der Waals surface area contributed by atoms with Crippen LogP contribution in [0.3, 0.4) is 0 Å². The average Bonchev–Trinajstić information content (AvgIpc) is 2.18. The van der Waals surface area contributed by atoms with Gasteiger partial charge in [-0.2, -0.15) is 0 Å². The summed E-state index contributed by atoms with van der Waals surface area (Å²) in [5.41, 5.74) is 9.61. The predicted molar refractivity (Wildman–Crippen MR) is 60.0 cm³/mol. The summed E-state index contributed by atoms with van der Waals surface area (Å²) in [6.07, 6.45) is 0. The van der Waals surface area contributed by atoms with Gasteiger partial charge in [0.15, 0.2) is 0 Å². The zero-order chi connectivity index (χ0) is 11.4. The average molecular weight is 232 g/mol. The van der Waals surface area contributed by atoms with Crippen molar-refractivity contribution >= 4 is 11.6 Å². The van der Waals surface area contributed by atoms with E-state index in [4.69, 9.17) is 17.3 Å². The Balaban J connectivity index is 2.87.